The van der Waals surface area contributed by atoms with Gasteiger partial charge in [0.15, 0.2) is 0 Å². The van der Waals surface area contributed by atoms with Gasteiger partial charge in [-0.05, 0) is 31.5 Å². The molecule has 2 rings (SSSR count). The molecule has 0 bridgehead atoms. The Hall–Kier alpha value is -2.29. The van der Waals surface area contributed by atoms with Crippen molar-refractivity contribution >= 4 is 6.41 Å². The molecule has 0 atom stereocenters. The Morgan fingerprint density at radius 3 is 2.28 bits per heavy atom. The molecule has 0 aliphatic carbocycles. The van der Waals surface area contributed by atoms with Crippen molar-refractivity contribution in [3.63, 3.8) is 0 Å². The molecule has 0 aliphatic heterocycles. The molecule has 0 saturated heterocycles. The van der Waals surface area contributed by atoms with E-state index in [0.29, 0.717) is 5.75 Å². The number of aryl methyl sites for hydroxylation is 2. The summed E-state index contributed by atoms with van der Waals surface area (Å²) in [4.78, 5) is 8.58. The van der Waals surface area contributed by atoms with E-state index >= 15 is 0 Å². The zero-order chi connectivity index (χ0) is 13.5. The summed E-state index contributed by atoms with van der Waals surface area (Å²) in [6.07, 6.45) is 0.250. The first kappa shape index (κ1) is 13.8. The number of benzene rings is 2. The second-order valence-electron chi connectivity index (χ2n) is 4.03. The molecule has 3 heteroatoms. The van der Waals surface area contributed by atoms with Crippen LogP contribution in [0.2, 0.25) is 0 Å². The summed E-state index contributed by atoms with van der Waals surface area (Å²) in [5.74, 6) is 0.339. The van der Waals surface area contributed by atoms with E-state index in [-0.39, 0.29) is 6.41 Å². The Labute approximate surface area is 107 Å². The Morgan fingerprint density at radius 1 is 1.06 bits per heavy atom. The predicted molar refractivity (Wildman–Crippen MR) is 73.3 cm³/mol. The summed E-state index contributed by atoms with van der Waals surface area (Å²) in [6.45, 7) is 4.08. The third kappa shape index (κ3) is 3.63. The smallest absolute Gasteiger partial charge is 0.204 e. The molecule has 0 radical (unpaired) electrons. The van der Waals surface area contributed by atoms with Crippen molar-refractivity contribution in [2.75, 3.05) is 0 Å². The first-order valence-electron chi connectivity index (χ1n) is 5.60. The van der Waals surface area contributed by atoms with Gasteiger partial charge in [0.25, 0.3) is 0 Å². The van der Waals surface area contributed by atoms with Crippen LogP contribution in [-0.4, -0.2) is 11.5 Å². The summed E-state index contributed by atoms with van der Waals surface area (Å²) < 4.78 is 0. The second kappa shape index (κ2) is 6.45. The third-order valence-electron chi connectivity index (χ3n) is 2.48. The van der Waals surface area contributed by atoms with Crippen molar-refractivity contribution in [3.8, 4) is 16.9 Å². The molecule has 0 fully saturated rings. The second-order valence-corrected chi connectivity index (χ2v) is 4.03. The molecule has 0 aromatic heterocycles. The van der Waals surface area contributed by atoms with Gasteiger partial charge < -0.3 is 10.8 Å². The molecule has 18 heavy (non-hydrogen) atoms. The molecule has 3 nitrogen and oxygen atoms in total. The lowest BCUT2D eigenvalue weighted by molar-refractivity contribution is -0.106. The van der Waals surface area contributed by atoms with E-state index in [2.05, 4.69) is 24.8 Å². The SMILES string of the molecule is Cc1cccc(-c2cc(C)ccc2O)c1.NC=O. The minimum atomic E-state index is 0.250. The molecule has 0 saturated carbocycles. The molecule has 2 aromatic carbocycles. The van der Waals surface area contributed by atoms with Crippen LogP contribution < -0.4 is 5.73 Å². The van der Waals surface area contributed by atoms with Crippen molar-refractivity contribution in [1.82, 2.24) is 0 Å². The van der Waals surface area contributed by atoms with Gasteiger partial charge in [0, 0.05) is 5.56 Å². The van der Waals surface area contributed by atoms with Gasteiger partial charge in [0.1, 0.15) is 5.75 Å². The molecule has 0 spiro atoms. The highest BCUT2D eigenvalue weighted by Crippen LogP contribution is 2.30. The van der Waals surface area contributed by atoms with Gasteiger partial charge in [-0.3, -0.25) is 4.79 Å². The Kier molecular flexibility index (Phi) is 4.93. The molecule has 3 N–H and O–H groups in total. The average Bonchev–Trinajstić information content (AvgIpc) is 2.33. The normalized spacial score (nSPS) is 9.22. The Morgan fingerprint density at radius 2 is 1.67 bits per heavy atom. The number of carbonyl (C=O) groups excluding carboxylic acids is 1. The Balaban J connectivity index is 0.000000492. The number of aromatic hydroxyl groups is 1. The van der Waals surface area contributed by atoms with Crippen LogP contribution in [0.3, 0.4) is 0 Å². The summed E-state index contributed by atoms with van der Waals surface area (Å²) >= 11 is 0. The van der Waals surface area contributed by atoms with Crippen LogP contribution in [0.1, 0.15) is 11.1 Å². The largest absolute Gasteiger partial charge is 0.507 e. The zero-order valence-electron chi connectivity index (χ0n) is 10.6. The van der Waals surface area contributed by atoms with Gasteiger partial charge in [-0.1, -0.05) is 41.5 Å². The average molecular weight is 243 g/mol. The Bertz CT molecular complexity index is 536. The molecular weight excluding hydrogens is 226 g/mol. The number of amides is 1. The topological polar surface area (TPSA) is 63.3 Å². The van der Waals surface area contributed by atoms with Gasteiger partial charge >= 0.3 is 0 Å². The minimum Gasteiger partial charge on any atom is -0.507 e. The summed E-state index contributed by atoms with van der Waals surface area (Å²) in [7, 11) is 0. The lowest BCUT2D eigenvalue weighted by atomic mass is 10.0. The van der Waals surface area contributed by atoms with E-state index < -0.39 is 0 Å². The van der Waals surface area contributed by atoms with E-state index in [1.165, 1.54) is 5.56 Å². The van der Waals surface area contributed by atoms with Gasteiger partial charge in [0.05, 0.1) is 0 Å². The van der Waals surface area contributed by atoms with Crippen LogP contribution in [0.25, 0.3) is 11.1 Å². The standard InChI is InChI=1S/C14H14O.CH3NO/c1-10-4-3-5-12(8-10)13-9-11(2)6-7-14(13)15;2-1-3/h3-9,15H,1-2H3;1H,(H2,2,3). The van der Waals surface area contributed by atoms with E-state index in [4.69, 9.17) is 4.79 Å². The maximum atomic E-state index is 9.78. The van der Waals surface area contributed by atoms with Crippen molar-refractivity contribution in [3.05, 3.63) is 53.6 Å². The van der Waals surface area contributed by atoms with E-state index in [9.17, 15) is 5.11 Å². The monoisotopic (exact) mass is 243 g/mol. The van der Waals surface area contributed by atoms with Crippen molar-refractivity contribution in [2.24, 2.45) is 5.73 Å². The van der Waals surface area contributed by atoms with Crippen LogP contribution >= 0.6 is 0 Å². The molecule has 0 aliphatic rings. The number of hydrogen-bond acceptors (Lipinski definition) is 2. The van der Waals surface area contributed by atoms with E-state index in [1.807, 2.05) is 31.2 Å². The lowest BCUT2D eigenvalue weighted by Crippen LogP contribution is -1.82. The van der Waals surface area contributed by atoms with Crippen LogP contribution in [0, 0.1) is 13.8 Å². The first-order valence-corrected chi connectivity index (χ1v) is 5.60. The van der Waals surface area contributed by atoms with Crippen LogP contribution in [0.5, 0.6) is 5.75 Å². The third-order valence-corrected chi connectivity index (χ3v) is 2.48. The molecule has 2 aromatic rings. The molecule has 1 amide bonds. The highest BCUT2D eigenvalue weighted by Gasteiger charge is 2.03. The first-order chi connectivity index (χ1) is 8.58. The predicted octanol–water partition coefficient (Wildman–Crippen LogP) is 2.78. The molecule has 94 valence electrons. The van der Waals surface area contributed by atoms with E-state index in [1.54, 1.807) is 6.07 Å². The molecule has 0 unspecified atom stereocenters. The zero-order valence-corrected chi connectivity index (χ0v) is 10.6. The number of phenolic OH excluding ortho intramolecular Hbond substituents is 1. The fourth-order valence-electron chi connectivity index (χ4n) is 1.69. The van der Waals surface area contributed by atoms with Gasteiger partial charge in [-0.15, -0.1) is 0 Å². The maximum absolute atomic E-state index is 9.78. The number of primary amides is 1. The van der Waals surface area contributed by atoms with Gasteiger partial charge in [0.2, 0.25) is 6.41 Å². The van der Waals surface area contributed by atoms with Crippen molar-refractivity contribution < 1.29 is 9.90 Å². The summed E-state index contributed by atoms with van der Waals surface area (Å²) in [5, 5.41) is 9.78. The fourth-order valence-corrected chi connectivity index (χ4v) is 1.69. The van der Waals surface area contributed by atoms with Crippen molar-refractivity contribution in [2.45, 2.75) is 13.8 Å². The number of carbonyl (C=O) groups is 1. The molecular formula is C15H17NO2. The summed E-state index contributed by atoms with van der Waals surface area (Å²) in [6, 6.07) is 13.8. The van der Waals surface area contributed by atoms with Crippen molar-refractivity contribution in [1.29, 1.82) is 0 Å². The number of nitrogens with two attached hydrogens (primary N) is 1. The number of phenols is 1. The molecule has 0 heterocycles. The number of hydrogen-bond donors (Lipinski definition) is 2. The lowest BCUT2D eigenvalue weighted by Gasteiger charge is -2.06. The van der Waals surface area contributed by atoms with Gasteiger partial charge in [-0.2, -0.15) is 0 Å². The summed E-state index contributed by atoms with van der Waals surface area (Å²) in [5.41, 5.74) is 8.49. The number of rotatable bonds is 1. The quantitative estimate of drug-likeness (QED) is 0.756. The maximum Gasteiger partial charge on any atom is 0.204 e. The fraction of sp³-hybridized carbons (Fsp3) is 0.133. The van der Waals surface area contributed by atoms with E-state index in [0.717, 1.165) is 16.7 Å². The van der Waals surface area contributed by atoms with Crippen LogP contribution in [-0.2, 0) is 4.79 Å². The van der Waals surface area contributed by atoms with Crippen LogP contribution in [0.4, 0.5) is 0 Å². The highest BCUT2D eigenvalue weighted by molar-refractivity contribution is 5.71. The van der Waals surface area contributed by atoms with Crippen LogP contribution in [0.15, 0.2) is 42.5 Å². The minimum absolute atomic E-state index is 0.250. The van der Waals surface area contributed by atoms with Gasteiger partial charge in [-0.25, -0.2) is 0 Å². The highest BCUT2D eigenvalue weighted by atomic mass is 16.3.